The number of carbonyl (C=O) groups excluding carboxylic acids is 1. The van der Waals surface area contributed by atoms with Gasteiger partial charge in [0, 0.05) is 22.6 Å². The average molecular weight is 340 g/mol. The smallest absolute Gasteiger partial charge is 0.178 e. The van der Waals surface area contributed by atoms with Crippen LogP contribution in [0.5, 0.6) is 5.75 Å². The Bertz CT molecular complexity index is 725. The lowest BCUT2D eigenvalue weighted by Gasteiger charge is -2.25. The molecule has 1 saturated heterocycles. The number of aromatic nitrogens is 1. The lowest BCUT2D eigenvalue weighted by molar-refractivity contribution is 0.0915. The molecule has 1 aliphatic heterocycles. The molecule has 1 aliphatic rings. The summed E-state index contributed by atoms with van der Waals surface area (Å²) in [6.07, 6.45) is 3.70. The van der Waals surface area contributed by atoms with Crippen LogP contribution in [-0.2, 0) is 0 Å². The van der Waals surface area contributed by atoms with Crippen molar-refractivity contribution in [1.29, 1.82) is 0 Å². The SMILES string of the molecule is CCOc1ccc(-n2c(C)cc(C(=O)CN3CCCCC3)c2C)cc1. The first-order valence-electron chi connectivity index (χ1n) is 9.28. The molecule has 0 saturated carbocycles. The fourth-order valence-electron chi connectivity index (χ4n) is 3.71. The van der Waals surface area contributed by atoms with E-state index in [1.54, 1.807) is 0 Å². The number of nitrogens with zero attached hydrogens (tertiary/aromatic N) is 2. The van der Waals surface area contributed by atoms with Crippen molar-refractivity contribution in [2.75, 3.05) is 26.2 Å². The average Bonchev–Trinajstić information content (AvgIpc) is 2.92. The molecule has 0 radical (unpaired) electrons. The molecule has 0 amide bonds. The van der Waals surface area contributed by atoms with Gasteiger partial charge in [-0.2, -0.15) is 0 Å². The summed E-state index contributed by atoms with van der Waals surface area (Å²) in [6.45, 7) is 9.36. The molecule has 0 spiro atoms. The summed E-state index contributed by atoms with van der Waals surface area (Å²) >= 11 is 0. The Balaban J connectivity index is 1.81. The Morgan fingerprint density at radius 3 is 2.40 bits per heavy atom. The molecule has 4 nitrogen and oxygen atoms in total. The fourth-order valence-corrected chi connectivity index (χ4v) is 3.71. The molecule has 1 aromatic heterocycles. The molecule has 0 N–H and O–H groups in total. The maximum atomic E-state index is 12.8. The van der Waals surface area contributed by atoms with Crippen LogP contribution in [0.3, 0.4) is 0 Å². The summed E-state index contributed by atoms with van der Waals surface area (Å²) in [6, 6.07) is 10.1. The van der Waals surface area contributed by atoms with Crippen molar-refractivity contribution in [3.63, 3.8) is 0 Å². The minimum absolute atomic E-state index is 0.229. The zero-order valence-corrected chi connectivity index (χ0v) is 15.5. The number of carbonyl (C=O) groups is 1. The molecule has 4 heteroatoms. The Labute approximate surface area is 150 Å². The number of aryl methyl sites for hydroxylation is 1. The highest BCUT2D eigenvalue weighted by Crippen LogP contribution is 2.23. The van der Waals surface area contributed by atoms with Gasteiger partial charge in [-0.15, -0.1) is 0 Å². The van der Waals surface area contributed by atoms with Gasteiger partial charge in [0.05, 0.1) is 13.2 Å². The number of hydrogen-bond donors (Lipinski definition) is 0. The van der Waals surface area contributed by atoms with E-state index in [-0.39, 0.29) is 5.78 Å². The van der Waals surface area contributed by atoms with Crippen molar-refractivity contribution in [3.8, 4) is 11.4 Å². The highest BCUT2D eigenvalue weighted by molar-refractivity contribution is 5.99. The number of Topliss-reactive ketones (excluding diaryl/α,β-unsaturated/α-hetero) is 1. The van der Waals surface area contributed by atoms with Crippen LogP contribution in [0.4, 0.5) is 0 Å². The first-order valence-corrected chi connectivity index (χ1v) is 9.28. The first kappa shape index (κ1) is 17.7. The van der Waals surface area contributed by atoms with Crippen LogP contribution in [0.1, 0.15) is 47.9 Å². The number of benzene rings is 1. The second kappa shape index (κ2) is 7.87. The van der Waals surface area contributed by atoms with E-state index in [0.29, 0.717) is 13.2 Å². The van der Waals surface area contributed by atoms with E-state index in [4.69, 9.17) is 4.74 Å². The van der Waals surface area contributed by atoms with Crippen molar-refractivity contribution in [3.05, 3.63) is 47.3 Å². The van der Waals surface area contributed by atoms with Gasteiger partial charge in [0.15, 0.2) is 5.78 Å². The van der Waals surface area contributed by atoms with Gasteiger partial charge < -0.3 is 9.30 Å². The lowest BCUT2D eigenvalue weighted by Crippen LogP contribution is -2.34. The maximum Gasteiger partial charge on any atom is 0.178 e. The predicted octanol–water partition coefficient (Wildman–Crippen LogP) is 4.16. The Morgan fingerprint density at radius 2 is 1.76 bits per heavy atom. The van der Waals surface area contributed by atoms with Crippen LogP contribution in [-0.4, -0.2) is 41.5 Å². The van der Waals surface area contributed by atoms with E-state index < -0.39 is 0 Å². The van der Waals surface area contributed by atoms with Crippen molar-refractivity contribution in [2.24, 2.45) is 0 Å². The van der Waals surface area contributed by atoms with Crippen molar-refractivity contribution in [2.45, 2.75) is 40.0 Å². The summed E-state index contributed by atoms with van der Waals surface area (Å²) in [7, 11) is 0. The van der Waals surface area contributed by atoms with Gasteiger partial charge in [-0.1, -0.05) is 6.42 Å². The number of ketones is 1. The van der Waals surface area contributed by atoms with Gasteiger partial charge in [-0.25, -0.2) is 0 Å². The minimum atomic E-state index is 0.229. The third-order valence-corrected chi connectivity index (χ3v) is 4.95. The van der Waals surface area contributed by atoms with E-state index in [1.165, 1.54) is 19.3 Å². The highest BCUT2D eigenvalue weighted by atomic mass is 16.5. The van der Waals surface area contributed by atoms with Gasteiger partial charge >= 0.3 is 0 Å². The third-order valence-electron chi connectivity index (χ3n) is 4.95. The minimum Gasteiger partial charge on any atom is -0.494 e. The molecule has 134 valence electrons. The highest BCUT2D eigenvalue weighted by Gasteiger charge is 2.20. The molecule has 0 aliphatic carbocycles. The topological polar surface area (TPSA) is 34.5 Å². The zero-order chi connectivity index (χ0) is 17.8. The number of ether oxygens (including phenoxy) is 1. The largest absolute Gasteiger partial charge is 0.494 e. The second-order valence-electron chi connectivity index (χ2n) is 6.81. The number of rotatable bonds is 6. The molecule has 1 aromatic carbocycles. The number of piperidine rings is 1. The van der Waals surface area contributed by atoms with Crippen LogP contribution in [0.25, 0.3) is 5.69 Å². The summed E-state index contributed by atoms with van der Waals surface area (Å²) in [5.41, 5.74) is 4.01. The van der Waals surface area contributed by atoms with E-state index in [0.717, 1.165) is 41.5 Å². The van der Waals surface area contributed by atoms with Gasteiger partial charge in [0.25, 0.3) is 0 Å². The second-order valence-corrected chi connectivity index (χ2v) is 6.81. The maximum absolute atomic E-state index is 12.8. The Morgan fingerprint density at radius 1 is 1.08 bits per heavy atom. The first-order chi connectivity index (χ1) is 12.1. The van der Waals surface area contributed by atoms with Crippen LogP contribution in [0.15, 0.2) is 30.3 Å². The van der Waals surface area contributed by atoms with Crippen LogP contribution in [0.2, 0.25) is 0 Å². The van der Waals surface area contributed by atoms with Crippen molar-refractivity contribution >= 4 is 5.78 Å². The van der Waals surface area contributed by atoms with Gasteiger partial charge in [-0.05, 0) is 77.0 Å². The molecular formula is C21H28N2O2. The van der Waals surface area contributed by atoms with Gasteiger partial charge in [0.2, 0.25) is 0 Å². The van der Waals surface area contributed by atoms with E-state index in [2.05, 4.69) is 16.4 Å². The molecule has 2 heterocycles. The van der Waals surface area contributed by atoms with Crippen molar-refractivity contribution < 1.29 is 9.53 Å². The summed E-state index contributed by atoms with van der Waals surface area (Å²) in [5.74, 6) is 1.10. The molecule has 3 rings (SSSR count). The van der Waals surface area contributed by atoms with E-state index in [9.17, 15) is 4.79 Å². The monoisotopic (exact) mass is 340 g/mol. The quantitative estimate of drug-likeness (QED) is 0.741. The predicted molar refractivity (Wildman–Crippen MR) is 101 cm³/mol. The van der Waals surface area contributed by atoms with E-state index >= 15 is 0 Å². The van der Waals surface area contributed by atoms with Crippen LogP contribution in [0, 0.1) is 13.8 Å². The van der Waals surface area contributed by atoms with Gasteiger partial charge in [-0.3, -0.25) is 9.69 Å². The molecule has 0 bridgehead atoms. The molecule has 0 atom stereocenters. The lowest BCUT2D eigenvalue weighted by atomic mass is 10.1. The van der Waals surface area contributed by atoms with Crippen LogP contribution < -0.4 is 4.74 Å². The summed E-state index contributed by atoms with van der Waals surface area (Å²) < 4.78 is 7.67. The molecule has 25 heavy (non-hydrogen) atoms. The standard InChI is InChI=1S/C21H28N2O2/c1-4-25-19-10-8-18(9-11-19)23-16(2)14-20(17(23)3)21(24)15-22-12-6-5-7-13-22/h8-11,14H,4-7,12-13,15H2,1-3H3. The van der Waals surface area contributed by atoms with Crippen LogP contribution >= 0.6 is 0 Å². The van der Waals surface area contributed by atoms with Gasteiger partial charge in [0.1, 0.15) is 5.75 Å². The van der Waals surface area contributed by atoms with Crippen molar-refractivity contribution in [1.82, 2.24) is 9.47 Å². The fraction of sp³-hybridized carbons (Fsp3) is 0.476. The Kier molecular flexibility index (Phi) is 5.59. The summed E-state index contributed by atoms with van der Waals surface area (Å²) in [5, 5.41) is 0. The normalized spacial score (nSPS) is 15.3. The zero-order valence-electron chi connectivity index (χ0n) is 15.5. The number of hydrogen-bond acceptors (Lipinski definition) is 3. The Hall–Kier alpha value is -2.07. The molecule has 1 fully saturated rings. The third kappa shape index (κ3) is 3.96. The molecular weight excluding hydrogens is 312 g/mol. The van der Waals surface area contributed by atoms with E-state index in [1.807, 2.05) is 44.2 Å². The number of likely N-dealkylation sites (tertiary alicyclic amines) is 1. The molecule has 2 aromatic rings. The molecule has 0 unspecified atom stereocenters. The summed E-state index contributed by atoms with van der Waals surface area (Å²) in [4.78, 5) is 15.1.